The molecule has 0 aromatic heterocycles. The number of unbranched alkanes of at least 4 members (excludes halogenated alkanes) is 2. The van der Waals surface area contributed by atoms with Crippen LogP contribution < -0.4 is 20.1 Å². The van der Waals surface area contributed by atoms with E-state index in [-0.39, 0.29) is 24.0 Å². The molecule has 1 aromatic rings. The quantitative estimate of drug-likeness (QED) is 0.299. The molecular formula is C16H25ClIN3O2. The minimum absolute atomic E-state index is 0. The van der Waals surface area contributed by atoms with Crippen LogP contribution >= 0.6 is 35.6 Å². The molecule has 0 aliphatic carbocycles. The normalized spacial score (nSPS) is 13.3. The van der Waals surface area contributed by atoms with E-state index in [1.54, 1.807) is 7.05 Å². The molecule has 23 heavy (non-hydrogen) atoms. The Kier molecular flexibility index (Phi) is 9.47. The Balaban J connectivity index is 0.00000264. The van der Waals surface area contributed by atoms with Crippen molar-refractivity contribution < 1.29 is 9.47 Å². The van der Waals surface area contributed by atoms with Gasteiger partial charge in [-0.2, -0.15) is 0 Å². The maximum Gasteiger partial charge on any atom is 0.191 e. The Morgan fingerprint density at radius 2 is 2.00 bits per heavy atom. The molecule has 1 aliphatic rings. The van der Waals surface area contributed by atoms with Crippen LogP contribution in [0.4, 0.5) is 0 Å². The van der Waals surface area contributed by atoms with E-state index in [0.717, 1.165) is 24.5 Å². The summed E-state index contributed by atoms with van der Waals surface area (Å²) >= 11 is 6.24. The Labute approximate surface area is 160 Å². The SMILES string of the molecule is CCCCCNC(=NC)NCc1cc(Cl)c2c(c1)OCCO2.I. The summed E-state index contributed by atoms with van der Waals surface area (Å²) < 4.78 is 11.1. The highest BCUT2D eigenvalue weighted by Gasteiger charge is 2.16. The van der Waals surface area contributed by atoms with E-state index in [1.165, 1.54) is 12.8 Å². The minimum atomic E-state index is 0. The van der Waals surface area contributed by atoms with Gasteiger partial charge in [0.2, 0.25) is 0 Å². The van der Waals surface area contributed by atoms with Crippen LogP contribution in [0.5, 0.6) is 11.5 Å². The Hall–Kier alpha value is -0.890. The van der Waals surface area contributed by atoms with Gasteiger partial charge in [-0.25, -0.2) is 0 Å². The van der Waals surface area contributed by atoms with Crippen molar-refractivity contribution in [3.63, 3.8) is 0 Å². The number of ether oxygens (including phenoxy) is 2. The lowest BCUT2D eigenvalue weighted by atomic mass is 10.2. The summed E-state index contributed by atoms with van der Waals surface area (Å²) in [5.74, 6) is 2.14. The van der Waals surface area contributed by atoms with E-state index in [1.807, 2.05) is 12.1 Å². The molecule has 0 unspecified atom stereocenters. The number of aliphatic imine (C=N–C) groups is 1. The Bertz CT molecular complexity index is 526. The van der Waals surface area contributed by atoms with Crippen LogP contribution in [0.3, 0.4) is 0 Å². The first-order valence-electron chi connectivity index (χ1n) is 7.77. The van der Waals surface area contributed by atoms with Crippen LogP contribution in [-0.2, 0) is 6.54 Å². The van der Waals surface area contributed by atoms with Gasteiger partial charge in [-0.3, -0.25) is 4.99 Å². The zero-order valence-electron chi connectivity index (χ0n) is 13.7. The number of nitrogens with zero attached hydrogens (tertiary/aromatic N) is 1. The molecule has 1 heterocycles. The van der Waals surface area contributed by atoms with Gasteiger partial charge in [0.15, 0.2) is 17.5 Å². The largest absolute Gasteiger partial charge is 0.486 e. The van der Waals surface area contributed by atoms with Gasteiger partial charge in [-0.1, -0.05) is 31.4 Å². The number of rotatable bonds is 6. The van der Waals surface area contributed by atoms with Gasteiger partial charge in [0.05, 0.1) is 5.02 Å². The number of hydrogen-bond acceptors (Lipinski definition) is 3. The van der Waals surface area contributed by atoms with Crippen LogP contribution in [0.2, 0.25) is 5.02 Å². The van der Waals surface area contributed by atoms with Crippen LogP contribution in [0, 0.1) is 0 Å². The molecule has 0 spiro atoms. The van der Waals surface area contributed by atoms with Crippen LogP contribution in [0.25, 0.3) is 0 Å². The van der Waals surface area contributed by atoms with Crippen LogP contribution in [-0.4, -0.2) is 32.8 Å². The lowest BCUT2D eigenvalue weighted by molar-refractivity contribution is 0.171. The first kappa shape index (κ1) is 20.2. The van der Waals surface area contributed by atoms with Gasteiger partial charge in [-0.15, -0.1) is 24.0 Å². The van der Waals surface area contributed by atoms with Crippen molar-refractivity contribution in [1.82, 2.24) is 10.6 Å². The second kappa shape index (κ2) is 10.8. The van der Waals surface area contributed by atoms with E-state index in [4.69, 9.17) is 21.1 Å². The second-order valence-electron chi connectivity index (χ2n) is 5.16. The monoisotopic (exact) mass is 453 g/mol. The van der Waals surface area contributed by atoms with Gasteiger partial charge < -0.3 is 20.1 Å². The highest BCUT2D eigenvalue weighted by Crippen LogP contribution is 2.38. The van der Waals surface area contributed by atoms with Crippen LogP contribution in [0.1, 0.15) is 31.7 Å². The summed E-state index contributed by atoms with van der Waals surface area (Å²) in [6.07, 6.45) is 3.58. The predicted octanol–water partition coefficient (Wildman–Crippen LogP) is 3.58. The molecule has 1 aromatic carbocycles. The average Bonchev–Trinajstić information content (AvgIpc) is 2.54. The summed E-state index contributed by atoms with van der Waals surface area (Å²) in [6.45, 7) is 4.84. The first-order valence-corrected chi connectivity index (χ1v) is 8.15. The predicted molar refractivity (Wildman–Crippen MR) is 106 cm³/mol. The topological polar surface area (TPSA) is 54.9 Å². The van der Waals surface area contributed by atoms with Crippen molar-refractivity contribution in [2.45, 2.75) is 32.7 Å². The minimum Gasteiger partial charge on any atom is -0.486 e. The molecule has 2 N–H and O–H groups in total. The molecule has 130 valence electrons. The maximum atomic E-state index is 6.24. The summed E-state index contributed by atoms with van der Waals surface area (Å²) in [4.78, 5) is 4.22. The summed E-state index contributed by atoms with van der Waals surface area (Å²) in [7, 11) is 1.77. The maximum absolute atomic E-state index is 6.24. The van der Waals surface area contributed by atoms with Gasteiger partial charge >= 0.3 is 0 Å². The van der Waals surface area contributed by atoms with Gasteiger partial charge in [0.1, 0.15) is 13.2 Å². The fourth-order valence-electron chi connectivity index (χ4n) is 2.25. The average molecular weight is 454 g/mol. The highest BCUT2D eigenvalue weighted by molar-refractivity contribution is 14.0. The molecular weight excluding hydrogens is 429 g/mol. The van der Waals surface area contributed by atoms with Crippen molar-refractivity contribution in [2.24, 2.45) is 4.99 Å². The fourth-order valence-corrected chi connectivity index (χ4v) is 2.54. The van der Waals surface area contributed by atoms with Gasteiger partial charge in [0, 0.05) is 20.1 Å². The molecule has 0 amide bonds. The molecule has 0 saturated carbocycles. The van der Waals surface area contributed by atoms with Gasteiger partial charge in [0.25, 0.3) is 0 Å². The van der Waals surface area contributed by atoms with Crippen molar-refractivity contribution >= 4 is 41.5 Å². The molecule has 0 saturated heterocycles. The molecule has 5 nitrogen and oxygen atoms in total. The van der Waals surface area contributed by atoms with E-state index in [9.17, 15) is 0 Å². The highest BCUT2D eigenvalue weighted by atomic mass is 127. The number of nitrogens with one attached hydrogen (secondary N) is 2. The van der Waals surface area contributed by atoms with Crippen molar-refractivity contribution in [3.05, 3.63) is 22.7 Å². The standard InChI is InChI=1S/C16H24ClN3O2.HI/c1-3-4-5-6-19-16(18-2)20-11-12-9-13(17)15-14(10-12)21-7-8-22-15;/h9-10H,3-8,11H2,1-2H3,(H2,18,19,20);1H. The second-order valence-corrected chi connectivity index (χ2v) is 5.57. The van der Waals surface area contributed by atoms with Crippen molar-refractivity contribution in [1.29, 1.82) is 0 Å². The summed E-state index contributed by atoms with van der Waals surface area (Å²) in [5.41, 5.74) is 1.03. The number of guanidine groups is 1. The number of hydrogen-bond donors (Lipinski definition) is 2. The van der Waals surface area contributed by atoms with E-state index < -0.39 is 0 Å². The number of benzene rings is 1. The summed E-state index contributed by atoms with van der Waals surface area (Å²) in [5, 5.41) is 7.17. The number of fused-ring (bicyclic) bond motifs is 1. The molecule has 0 atom stereocenters. The zero-order valence-corrected chi connectivity index (χ0v) is 16.7. The molecule has 0 fully saturated rings. The smallest absolute Gasteiger partial charge is 0.191 e. The Morgan fingerprint density at radius 1 is 1.22 bits per heavy atom. The van der Waals surface area contributed by atoms with E-state index >= 15 is 0 Å². The molecule has 2 rings (SSSR count). The fraction of sp³-hybridized carbons (Fsp3) is 0.562. The lowest BCUT2D eigenvalue weighted by Crippen LogP contribution is -2.37. The van der Waals surface area contributed by atoms with Crippen molar-refractivity contribution in [2.75, 3.05) is 26.8 Å². The number of halogens is 2. The molecule has 1 aliphatic heterocycles. The van der Waals surface area contributed by atoms with Gasteiger partial charge in [-0.05, 0) is 24.1 Å². The lowest BCUT2D eigenvalue weighted by Gasteiger charge is -2.20. The van der Waals surface area contributed by atoms with Crippen LogP contribution in [0.15, 0.2) is 17.1 Å². The molecule has 0 radical (unpaired) electrons. The molecule has 7 heteroatoms. The zero-order chi connectivity index (χ0) is 15.8. The van der Waals surface area contributed by atoms with E-state index in [2.05, 4.69) is 22.5 Å². The Morgan fingerprint density at radius 3 is 2.74 bits per heavy atom. The molecule has 0 bridgehead atoms. The third-order valence-corrected chi connectivity index (χ3v) is 3.69. The first-order chi connectivity index (χ1) is 10.7. The third kappa shape index (κ3) is 6.25. The van der Waals surface area contributed by atoms with E-state index in [0.29, 0.717) is 36.3 Å². The van der Waals surface area contributed by atoms with Crippen molar-refractivity contribution in [3.8, 4) is 11.5 Å². The third-order valence-electron chi connectivity index (χ3n) is 3.41. The summed E-state index contributed by atoms with van der Waals surface area (Å²) in [6, 6.07) is 3.85.